The quantitative estimate of drug-likeness (QED) is 0.238. The highest BCUT2D eigenvalue weighted by Gasteiger charge is 2.41. The molecule has 3 heterocycles. The zero-order chi connectivity index (χ0) is 30.7. The van der Waals surface area contributed by atoms with Crippen LogP contribution in [0.1, 0.15) is 31.0 Å². The Bertz CT molecular complexity index is 1650. The predicted molar refractivity (Wildman–Crippen MR) is 159 cm³/mol. The number of thioether (sulfide) groups is 1. The summed E-state index contributed by atoms with van der Waals surface area (Å²) in [7, 11) is 1.48. The molecular weight excluding hydrogens is 640 g/mol. The Hall–Kier alpha value is -2.90. The number of piperazine rings is 1. The molecule has 42 heavy (non-hydrogen) atoms. The molecule has 2 aromatic carbocycles. The topological polar surface area (TPSA) is 67.7 Å². The molecule has 224 valence electrons. The molecule has 2 aliphatic rings. The smallest absolute Gasteiger partial charge is 0.383 e. The minimum Gasteiger partial charge on any atom is -0.383 e. The van der Waals surface area contributed by atoms with Gasteiger partial charge in [0.15, 0.2) is 0 Å². The van der Waals surface area contributed by atoms with E-state index >= 15 is 4.39 Å². The van der Waals surface area contributed by atoms with Crippen molar-refractivity contribution in [2.24, 2.45) is 0 Å². The molecular formula is C29H29BrF4N4O3S. The van der Waals surface area contributed by atoms with Gasteiger partial charge in [0, 0.05) is 63.9 Å². The number of halogens is 5. The van der Waals surface area contributed by atoms with Crippen LogP contribution >= 0.6 is 27.7 Å². The molecule has 1 aromatic heterocycles. The number of methoxy groups -OCH3 is 1. The number of aromatic nitrogens is 2. The maximum Gasteiger partial charge on any atom is 0.417 e. The number of aryl methyl sites for hydroxylation is 1. The number of hydrogen-bond donors (Lipinski definition) is 0. The van der Waals surface area contributed by atoms with E-state index in [4.69, 9.17) is 4.74 Å². The van der Waals surface area contributed by atoms with E-state index in [0.717, 1.165) is 17.8 Å². The Morgan fingerprint density at radius 3 is 2.50 bits per heavy atom. The summed E-state index contributed by atoms with van der Waals surface area (Å²) in [5, 5.41) is 0.128. The third-order valence-corrected chi connectivity index (χ3v) is 9.85. The van der Waals surface area contributed by atoms with E-state index in [1.807, 2.05) is 13.8 Å². The molecule has 2 aliphatic heterocycles. The second kappa shape index (κ2) is 11.3. The number of nitrogens with zero attached hydrogens (tertiary/aromatic N) is 4. The summed E-state index contributed by atoms with van der Waals surface area (Å²) in [6, 6.07) is 2.36. The second-order valence-corrected chi connectivity index (χ2v) is 12.5. The van der Waals surface area contributed by atoms with Crippen molar-refractivity contribution in [1.82, 2.24) is 14.5 Å². The van der Waals surface area contributed by atoms with Gasteiger partial charge in [0.25, 0.3) is 0 Å². The lowest BCUT2D eigenvalue weighted by Gasteiger charge is -2.45. The highest BCUT2D eigenvalue weighted by molar-refractivity contribution is 9.10. The third-order valence-electron chi connectivity index (χ3n) is 7.76. The van der Waals surface area contributed by atoms with Crippen molar-refractivity contribution in [3.8, 4) is 11.1 Å². The summed E-state index contributed by atoms with van der Waals surface area (Å²) >= 11 is 4.48. The third kappa shape index (κ3) is 5.13. The molecule has 1 amide bonds. The highest BCUT2D eigenvalue weighted by Crippen LogP contribution is 2.50. The van der Waals surface area contributed by atoms with Crippen LogP contribution in [-0.4, -0.2) is 65.0 Å². The molecule has 7 nitrogen and oxygen atoms in total. The first-order chi connectivity index (χ1) is 19.8. The van der Waals surface area contributed by atoms with Crippen LogP contribution < -0.4 is 10.6 Å². The average Bonchev–Trinajstić information content (AvgIpc) is 2.91. The first-order valence-corrected chi connectivity index (χ1v) is 15.0. The molecule has 5 rings (SSSR count). The van der Waals surface area contributed by atoms with Crippen LogP contribution in [0.15, 0.2) is 45.0 Å². The molecule has 0 aliphatic carbocycles. The Kier molecular flexibility index (Phi) is 8.23. The largest absolute Gasteiger partial charge is 0.417 e. The first kappa shape index (κ1) is 30.6. The summed E-state index contributed by atoms with van der Waals surface area (Å²) in [5.74, 6) is -0.729. The van der Waals surface area contributed by atoms with E-state index in [0.29, 0.717) is 10.0 Å². The van der Waals surface area contributed by atoms with Crippen LogP contribution in [0.4, 0.5) is 23.4 Å². The van der Waals surface area contributed by atoms with Gasteiger partial charge in [-0.3, -0.25) is 9.36 Å². The van der Waals surface area contributed by atoms with Crippen molar-refractivity contribution >= 4 is 50.3 Å². The van der Waals surface area contributed by atoms with Crippen LogP contribution in [0.2, 0.25) is 0 Å². The first-order valence-electron chi connectivity index (χ1n) is 13.3. The van der Waals surface area contributed by atoms with Gasteiger partial charge in [0.1, 0.15) is 11.6 Å². The van der Waals surface area contributed by atoms with Crippen molar-refractivity contribution < 1.29 is 27.1 Å². The second-order valence-electron chi connectivity index (χ2n) is 10.7. The normalized spacial score (nSPS) is 20.7. The van der Waals surface area contributed by atoms with Gasteiger partial charge in [-0.15, -0.1) is 11.8 Å². The molecule has 0 N–H and O–H groups in total. The van der Waals surface area contributed by atoms with Gasteiger partial charge in [-0.05, 0) is 50.6 Å². The molecule has 3 atom stereocenters. The number of rotatable bonds is 5. The van der Waals surface area contributed by atoms with E-state index in [1.54, 1.807) is 16.7 Å². The monoisotopic (exact) mass is 668 g/mol. The molecule has 1 fully saturated rings. The lowest BCUT2D eigenvalue weighted by Crippen LogP contribution is -2.58. The van der Waals surface area contributed by atoms with Crippen molar-refractivity contribution in [2.75, 3.05) is 37.5 Å². The Morgan fingerprint density at radius 2 is 1.90 bits per heavy atom. The fourth-order valence-corrected chi connectivity index (χ4v) is 7.67. The maximum absolute atomic E-state index is 15.4. The molecule has 0 radical (unpaired) electrons. The van der Waals surface area contributed by atoms with Crippen molar-refractivity contribution in [3.05, 3.63) is 62.8 Å². The number of amides is 1. The van der Waals surface area contributed by atoms with E-state index in [1.165, 1.54) is 29.9 Å². The zero-order valence-electron chi connectivity index (χ0n) is 23.4. The van der Waals surface area contributed by atoms with Gasteiger partial charge in [-0.2, -0.15) is 18.2 Å². The maximum atomic E-state index is 15.4. The number of hydrogen-bond acceptors (Lipinski definition) is 6. The van der Waals surface area contributed by atoms with Gasteiger partial charge in [-0.25, -0.2) is 9.18 Å². The van der Waals surface area contributed by atoms with Gasteiger partial charge in [-0.1, -0.05) is 22.5 Å². The summed E-state index contributed by atoms with van der Waals surface area (Å²) in [5.41, 5.74) is -1.40. The van der Waals surface area contributed by atoms with Crippen LogP contribution in [0, 0.1) is 12.7 Å². The summed E-state index contributed by atoms with van der Waals surface area (Å²) in [6.07, 6.45) is -3.62. The number of anilines is 1. The van der Waals surface area contributed by atoms with E-state index < -0.39 is 29.3 Å². The van der Waals surface area contributed by atoms with E-state index in [9.17, 15) is 22.8 Å². The Labute approximate surface area is 252 Å². The molecule has 0 saturated carbocycles. The molecule has 0 spiro atoms. The van der Waals surface area contributed by atoms with Crippen LogP contribution in [-0.2, 0) is 15.7 Å². The Balaban J connectivity index is 1.85. The molecule has 1 saturated heterocycles. The standard InChI is InChI=1S/C29H29BrF4N4O3S/c1-6-23(39)37-15(3)10-36(11-16(37)4)27-19-8-20(29(32,33)34)24(18-9-21(30)14(2)7-22(18)31)26-25(19)38(28(40)35-27)17(12-41-5)13-42-26/h6-9,15-17H,1,10-13H2,2-5H3/t15-,16+,17-/m0/s1. The average molecular weight is 670 g/mol. The molecule has 0 unspecified atom stereocenters. The van der Waals surface area contributed by atoms with Crippen molar-refractivity contribution in [2.45, 2.75) is 50.0 Å². The van der Waals surface area contributed by atoms with E-state index in [-0.39, 0.29) is 76.2 Å². The number of carbonyl (C=O) groups excluding carboxylic acids is 1. The number of alkyl halides is 3. The van der Waals surface area contributed by atoms with Gasteiger partial charge >= 0.3 is 11.9 Å². The SMILES string of the molecule is C=CC(=O)N1[C@H](C)CN(c2nc(=O)n3c4c(c(-c5cc(Br)c(C)cc5F)c(C(F)(F)F)cc24)SC[C@@H]3COC)C[C@@H]1C. The molecule has 3 aromatic rings. The van der Waals surface area contributed by atoms with Crippen LogP contribution in [0.5, 0.6) is 0 Å². The fourth-order valence-electron chi connectivity index (χ4n) is 6.01. The minimum atomic E-state index is -4.85. The predicted octanol–water partition coefficient (Wildman–Crippen LogP) is 6.20. The zero-order valence-corrected chi connectivity index (χ0v) is 25.8. The van der Waals surface area contributed by atoms with Crippen LogP contribution in [0.25, 0.3) is 22.0 Å². The number of carbonyl (C=O) groups is 1. The lowest BCUT2D eigenvalue weighted by molar-refractivity contribution is -0.137. The van der Waals surface area contributed by atoms with Gasteiger partial charge in [0.2, 0.25) is 5.91 Å². The summed E-state index contributed by atoms with van der Waals surface area (Å²) in [6.45, 7) is 9.47. The minimum absolute atomic E-state index is 0.0955. The summed E-state index contributed by atoms with van der Waals surface area (Å²) < 4.78 is 67.1. The van der Waals surface area contributed by atoms with Crippen molar-refractivity contribution in [3.63, 3.8) is 0 Å². The number of benzene rings is 2. The van der Waals surface area contributed by atoms with Crippen LogP contribution in [0.3, 0.4) is 0 Å². The molecule has 0 bridgehead atoms. The number of ether oxygens (including phenoxy) is 1. The highest BCUT2D eigenvalue weighted by atomic mass is 79.9. The lowest BCUT2D eigenvalue weighted by atomic mass is 9.94. The Morgan fingerprint density at radius 1 is 1.24 bits per heavy atom. The fraction of sp³-hybridized carbons (Fsp3) is 0.414. The van der Waals surface area contributed by atoms with Gasteiger partial charge < -0.3 is 14.5 Å². The van der Waals surface area contributed by atoms with E-state index in [2.05, 4.69) is 27.5 Å². The summed E-state index contributed by atoms with van der Waals surface area (Å²) in [4.78, 5) is 34.0. The van der Waals surface area contributed by atoms with Gasteiger partial charge in [0.05, 0.1) is 23.7 Å². The van der Waals surface area contributed by atoms with Crippen molar-refractivity contribution in [1.29, 1.82) is 0 Å². The molecule has 13 heteroatoms.